The molecule has 182 valence electrons. The van der Waals surface area contributed by atoms with Crippen molar-refractivity contribution < 1.29 is 9.59 Å². The Morgan fingerprint density at radius 2 is 1.67 bits per heavy atom. The Morgan fingerprint density at radius 1 is 1.00 bits per heavy atom. The third kappa shape index (κ3) is 4.96. The monoisotopic (exact) mass is 473 g/mol. The lowest BCUT2D eigenvalue weighted by Gasteiger charge is -2.55. The summed E-state index contributed by atoms with van der Waals surface area (Å²) in [5.41, 5.74) is -0.129. The maximum absolute atomic E-state index is 13.0. The number of nitrogens with one attached hydrogen (secondary N) is 2. The van der Waals surface area contributed by atoms with Gasteiger partial charge in [0.05, 0.1) is 0 Å². The van der Waals surface area contributed by atoms with Crippen LogP contribution in [0.25, 0.3) is 0 Å². The van der Waals surface area contributed by atoms with E-state index in [-0.39, 0.29) is 17.2 Å². The Balaban J connectivity index is 1.02. The van der Waals surface area contributed by atoms with Gasteiger partial charge in [-0.25, -0.2) is 0 Å². The molecule has 2 N–H and O–H groups in total. The summed E-state index contributed by atoms with van der Waals surface area (Å²) in [6, 6.07) is 0.532. The number of carbonyl (C=O) groups excluding carboxylic acids is 2. The van der Waals surface area contributed by atoms with E-state index in [4.69, 9.17) is 0 Å². The molecule has 6 rings (SSSR count). The normalized spacial score (nSPS) is 30.6. The molecule has 0 radical (unpaired) electrons. The van der Waals surface area contributed by atoms with Crippen LogP contribution in [0, 0.1) is 23.2 Å². The summed E-state index contributed by atoms with van der Waals surface area (Å²) >= 11 is 1.66. The van der Waals surface area contributed by atoms with E-state index in [1.165, 1.54) is 44.9 Å². The minimum absolute atomic E-state index is 0.0166. The van der Waals surface area contributed by atoms with Gasteiger partial charge in [0.2, 0.25) is 11.8 Å². The second-order valence-electron chi connectivity index (χ2n) is 11.1. The van der Waals surface area contributed by atoms with E-state index in [1.54, 1.807) is 11.8 Å². The number of rotatable bonds is 10. The fourth-order valence-corrected chi connectivity index (χ4v) is 8.15. The number of aromatic nitrogens is 3. The molecule has 1 aromatic rings. The van der Waals surface area contributed by atoms with Crippen LogP contribution in [0.4, 0.5) is 0 Å². The molecule has 7 nitrogen and oxygen atoms in total. The SMILES string of the molecule is CSc1nnc(CCCNC(=O)CCNC(=O)C23CC4CC(CC(C4)C2)C3)n1C1CCCC1. The molecule has 5 fully saturated rings. The molecular formula is C25H39N5O2S. The second-order valence-corrected chi connectivity index (χ2v) is 11.8. The predicted octanol–water partition coefficient (Wildman–Crippen LogP) is 3.89. The zero-order valence-corrected chi connectivity index (χ0v) is 20.8. The van der Waals surface area contributed by atoms with Crippen LogP contribution in [0.1, 0.15) is 88.9 Å². The summed E-state index contributed by atoms with van der Waals surface area (Å²) in [5, 5.41) is 15.9. The molecule has 1 heterocycles. The highest BCUT2D eigenvalue weighted by molar-refractivity contribution is 7.98. The van der Waals surface area contributed by atoms with Crippen molar-refractivity contribution in [2.45, 2.75) is 94.7 Å². The van der Waals surface area contributed by atoms with E-state index in [1.807, 2.05) is 0 Å². The number of amides is 2. The van der Waals surface area contributed by atoms with Gasteiger partial charge in [-0.15, -0.1) is 10.2 Å². The molecular weight excluding hydrogens is 434 g/mol. The van der Waals surface area contributed by atoms with Crippen LogP contribution < -0.4 is 10.6 Å². The standard InChI is InChI=1S/C25H39N5O2S/c1-33-24-29-28-21(30(24)20-5-2-3-6-20)7-4-9-26-22(31)8-10-27-23(32)25-14-17-11-18(15-25)13-19(12-17)16-25/h17-20H,2-16H2,1H3,(H,26,31)(H,27,32). The van der Waals surface area contributed by atoms with Gasteiger partial charge in [0, 0.05) is 37.4 Å². The third-order valence-electron chi connectivity index (χ3n) is 8.66. The van der Waals surface area contributed by atoms with E-state index in [2.05, 4.69) is 31.7 Å². The summed E-state index contributed by atoms with van der Waals surface area (Å²) in [5.74, 6) is 3.56. The molecule has 0 aliphatic heterocycles. The van der Waals surface area contributed by atoms with E-state index in [9.17, 15) is 9.59 Å². The van der Waals surface area contributed by atoms with Gasteiger partial charge in [-0.05, 0) is 81.8 Å². The van der Waals surface area contributed by atoms with E-state index in [0.29, 0.717) is 25.6 Å². The number of hydrogen-bond donors (Lipinski definition) is 2. The number of hydrogen-bond acceptors (Lipinski definition) is 5. The molecule has 2 amide bonds. The third-order valence-corrected chi connectivity index (χ3v) is 9.31. The van der Waals surface area contributed by atoms with Gasteiger partial charge < -0.3 is 15.2 Å². The molecule has 1 aromatic heterocycles. The highest BCUT2D eigenvalue weighted by Gasteiger charge is 2.54. The lowest BCUT2D eigenvalue weighted by Crippen LogP contribution is -2.53. The molecule has 5 aliphatic rings. The van der Waals surface area contributed by atoms with E-state index < -0.39 is 0 Å². The van der Waals surface area contributed by atoms with Crippen LogP contribution in [0.2, 0.25) is 0 Å². The molecule has 4 bridgehead atoms. The molecule has 5 aliphatic carbocycles. The maximum Gasteiger partial charge on any atom is 0.226 e. The lowest BCUT2D eigenvalue weighted by molar-refractivity contribution is -0.146. The van der Waals surface area contributed by atoms with Gasteiger partial charge in [0.25, 0.3) is 0 Å². The molecule has 33 heavy (non-hydrogen) atoms. The van der Waals surface area contributed by atoms with Gasteiger partial charge in [0.1, 0.15) is 5.82 Å². The second kappa shape index (κ2) is 9.96. The zero-order chi connectivity index (χ0) is 22.8. The van der Waals surface area contributed by atoms with Crippen molar-refractivity contribution in [1.82, 2.24) is 25.4 Å². The van der Waals surface area contributed by atoms with Crippen molar-refractivity contribution >= 4 is 23.6 Å². The van der Waals surface area contributed by atoms with Gasteiger partial charge in [-0.3, -0.25) is 9.59 Å². The van der Waals surface area contributed by atoms with Crippen molar-refractivity contribution in [3.63, 3.8) is 0 Å². The molecule has 0 saturated heterocycles. The number of thioether (sulfide) groups is 1. The number of carbonyl (C=O) groups is 2. The maximum atomic E-state index is 13.0. The van der Waals surface area contributed by atoms with Gasteiger partial charge in [0.15, 0.2) is 5.16 Å². The highest BCUT2D eigenvalue weighted by atomic mass is 32.2. The fourth-order valence-electron chi connectivity index (χ4n) is 7.57. The van der Waals surface area contributed by atoms with Crippen LogP contribution in [0.3, 0.4) is 0 Å². The molecule has 0 atom stereocenters. The highest BCUT2D eigenvalue weighted by Crippen LogP contribution is 2.60. The Hall–Kier alpha value is -1.57. The predicted molar refractivity (Wildman–Crippen MR) is 129 cm³/mol. The van der Waals surface area contributed by atoms with Crippen molar-refractivity contribution in [2.75, 3.05) is 19.3 Å². The van der Waals surface area contributed by atoms with Crippen LogP contribution in [0.15, 0.2) is 5.16 Å². The van der Waals surface area contributed by atoms with Gasteiger partial charge in [-0.1, -0.05) is 24.6 Å². The lowest BCUT2D eigenvalue weighted by atomic mass is 9.49. The van der Waals surface area contributed by atoms with Crippen molar-refractivity contribution in [3.8, 4) is 0 Å². The van der Waals surface area contributed by atoms with Crippen molar-refractivity contribution in [3.05, 3.63) is 5.82 Å². The molecule has 0 spiro atoms. The van der Waals surface area contributed by atoms with Crippen molar-refractivity contribution in [1.29, 1.82) is 0 Å². The van der Waals surface area contributed by atoms with Gasteiger partial charge >= 0.3 is 0 Å². The Labute approximate surface area is 201 Å². The van der Waals surface area contributed by atoms with E-state index in [0.717, 1.165) is 60.8 Å². The first-order chi connectivity index (χ1) is 16.1. The van der Waals surface area contributed by atoms with Crippen LogP contribution in [-0.2, 0) is 16.0 Å². The fraction of sp³-hybridized carbons (Fsp3) is 0.840. The first-order valence-electron chi connectivity index (χ1n) is 13.1. The molecule has 5 saturated carbocycles. The Bertz CT molecular complexity index is 828. The number of nitrogens with zero attached hydrogens (tertiary/aromatic N) is 3. The summed E-state index contributed by atoms with van der Waals surface area (Å²) < 4.78 is 2.33. The first kappa shape index (κ1) is 23.2. The summed E-state index contributed by atoms with van der Waals surface area (Å²) in [4.78, 5) is 25.3. The molecule has 0 aromatic carbocycles. The smallest absolute Gasteiger partial charge is 0.226 e. The summed E-state index contributed by atoms with van der Waals surface area (Å²) in [6.07, 6.45) is 16.3. The van der Waals surface area contributed by atoms with E-state index >= 15 is 0 Å². The molecule has 0 unspecified atom stereocenters. The van der Waals surface area contributed by atoms with Crippen LogP contribution in [-0.4, -0.2) is 45.9 Å². The average Bonchev–Trinajstić information content (AvgIpc) is 3.45. The minimum atomic E-state index is -0.129. The van der Waals surface area contributed by atoms with Crippen LogP contribution in [0.5, 0.6) is 0 Å². The van der Waals surface area contributed by atoms with Gasteiger partial charge in [-0.2, -0.15) is 0 Å². The number of aryl methyl sites for hydroxylation is 1. The zero-order valence-electron chi connectivity index (χ0n) is 20.0. The van der Waals surface area contributed by atoms with Crippen molar-refractivity contribution in [2.24, 2.45) is 23.2 Å². The minimum Gasteiger partial charge on any atom is -0.356 e. The topological polar surface area (TPSA) is 88.9 Å². The summed E-state index contributed by atoms with van der Waals surface area (Å²) in [7, 11) is 0. The first-order valence-corrected chi connectivity index (χ1v) is 14.3. The Morgan fingerprint density at radius 3 is 2.30 bits per heavy atom. The van der Waals surface area contributed by atoms with Crippen LogP contribution >= 0.6 is 11.8 Å². The summed E-state index contributed by atoms with van der Waals surface area (Å²) in [6.45, 7) is 1.08. The quantitative estimate of drug-likeness (QED) is 0.398. The average molecular weight is 474 g/mol. The molecule has 8 heteroatoms. The Kier molecular flexibility index (Phi) is 7.00. The largest absolute Gasteiger partial charge is 0.356 e.